The molecule has 0 unspecified atom stereocenters. The van der Waals surface area contributed by atoms with Crippen molar-refractivity contribution in [1.82, 2.24) is 5.32 Å². The van der Waals surface area contributed by atoms with E-state index in [0.717, 1.165) is 6.20 Å². The molecule has 6 N–H and O–H groups in total. The van der Waals surface area contributed by atoms with Crippen LogP contribution in [0.4, 0.5) is 17.1 Å². The average Bonchev–Trinajstić information content (AvgIpc) is 2.57. The topological polar surface area (TPSA) is 134 Å². The Balaban J connectivity index is 2.07. The summed E-state index contributed by atoms with van der Waals surface area (Å²) in [4.78, 5) is 24.0. The summed E-state index contributed by atoms with van der Waals surface area (Å²) < 4.78 is 0. The molecule has 0 aliphatic rings. The lowest BCUT2D eigenvalue weighted by Crippen LogP contribution is -2.22. The second-order valence-electron chi connectivity index (χ2n) is 4.81. The highest BCUT2D eigenvalue weighted by atomic mass is 16.2. The summed E-state index contributed by atoms with van der Waals surface area (Å²) in [6.45, 7) is 0. The van der Waals surface area contributed by atoms with Crippen LogP contribution in [0.5, 0.6) is 0 Å². The number of para-hydroxylation sites is 1. The number of nitrogens with one attached hydrogen (secondary N) is 2. The fourth-order valence-corrected chi connectivity index (χ4v) is 1.83. The summed E-state index contributed by atoms with van der Waals surface area (Å²) >= 11 is 0. The van der Waals surface area contributed by atoms with Gasteiger partial charge in [-0.25, -0.2) is 0 Å². The number of hydrogen-bond donors (Lipinski definition) is 4. The Morgan fingerprint density at radius 2 is 1.71 bits per heavy atom. The minimum Gasteiger partial charge on any atom is -0.399 e. The average molecular weight is 321 g/mol. The highest BCUT2D eigenvalue weighted by molar-refractivity contribution is 6.07. The molecule has 0 aromatic heterocycles. The Morgan fingerprint density at radius 3 is 2.33 bits per heavy atom. The van der Waals surface area contributed by atoms with E-state index >= 15 is 0 Å². The number of anilines is 3. The van der Waals surface area contributed by atoms with Gasteiger partial charge in [-0.3, -0.25) is 9.59 Å². The SMILES string of the molecule is N#C/C(=C/NC(=O)c1ccccc1N)C(=O)Nc1ccc(N)cc1. The fourth-order valence-electron chi connectivity index (χ4n) is 1.83. The third kappa shape index (κ3) is 4.11. The molecule has 2 rings (SSSR count). The van der Waals surface area contributed by atoms with E-state index in [2.05, 4.69) is 10.6 Å². The Bertz CT molecular complexity index is 835. The highest BCUT2D eigenvalue weighted by Crippen LogP contribution is 2.12. The van der Waals surface area contributed by atoms with Gasteiger partial charge in [0, 0.05) is 23.3 Å². The molecule has 0 spiro atoms. The molecule has 7 nitrogen and oxygen atoms in total. The van der Waals surface area contributed by atoms with Crippen molar-refractivity contribution in [2.24, 2.45) is 0 Å². The van der Waals surface area contributed by atoms with Crippen molar-refractivity contribution in [2.45, 2.75) is 0 Å². The van der Waals surface area contributed by atoms with Gasteiger partial charge in [-0.15, -0.1) is 0 Å². The van der Waals surface area contributed by atoms with E-state index in [0.29, 0.717) is 17.1 Å². The first-order valence-corrected chi connectivity index (χ1v) is 6.94. The van der Waals surface area contributed by atoms with E-state index in [-0.39, 0.29) is 11.1 Å². The number of nitriles is 1. The molecule has 0 fully saturated rings. The summed E-state index contributed by atoms with van der Waals surface area (Å²) in [7, 11) is 0. The van der Waals surface area contributed by atoms with Gasteiger partial charge in [-0.05, 0) is 36.4 Å². The molecule has 120 valence electrons. The van der Waals surface area contributed by atoms with Crippen molar-refractivity contribution in [2.75, 3.05) is 16.8 Å². The van der Waals surface area contributed by atoms with Crippen LogP contribution in [0.15, 0.2) is 60.3 Å². The zero-order valence-electron chi connectivity index (χ0n) is 12.6. The van der Waals surface area contributed by atoms with Gasteiger partial charge in [0.1, 0.15) is 11.6 Å². The molecule has 2 aromatic carbocycles. The van der Waals surface area contributed by atoms with Gasteiger partial charge in [0.25, 0.3) is 11.8 Å². The van der Waals surface area contributed by atoms with Crippen LogP contribution < -0.4 is 22.1 Å². The van der Waals surface area contributed by atoms with E-state index in [9.17, 15) is 9.59 Å². The van der Waals surface area contributed by atoms with Crippen LogP contribution in [0.2, 0.25) is 0 Å². The van der Waals surface area contributed by atoms with E-state index in [1.54, 1.807) is 54.6 Å². The molecule has 0 bridgehead atoms. The number of amides is 2. The fraction of sp³-hybridized carbons (Fsp3) is 0. The molecule has 2 amide bonds. The molecule has 0 saturated heterocycles. The maximum absolute atomic E-state index is 12.0. The molecule has 0 atom stereocenters. The van der Waals surface area contributed by atoms with Gasteiger partial charge < -0.3 is 22.1 Å². The van der Waals surface area contributed by atoms with Crippen molar-refractivity contribution in [3.05, 3.63) is 65.9 Å². The largest absolute Gasteiger partial charge is 0.399 e. The van der Waals surface area contributed by atoms with Gasteiger partial charge in [0.05, 0.1) is 5.56 Å². The van der Waals surface area contributed by atoms with Crippen LogP contribution in [0.25, 0.3) is 0 Å². The summed E-state index contributed by atoms with van der Waals surface area (Å²) in [6, 6.07) is 14.7. The maximum atomic E-state index is 12.0. The number of benzene rings is 2. The van der Waals surface area contributed by atoms with Crippen molar-refractivity contribution in [3.63, 3.8) is 0 Å². The van der Waals surface area contributed by atoms with Crippen molar-refractivity contribution in [1.29, 1.82) is 5.26 Å². The first-order valence-electron chi connectivity index (χ1n) is 6.94. The summed E-state index contributed by atoms with van der Waals surface area (Å²) in [5.74, 6) is -1.16. The number of hydrogen-bond acceptors (Lipinski definition) is 5. The molecule has 7 heteroatoms. The van der Waals surface area contributed by atoms with Crippen LogP contribution in [0, 0.1) is 11.3 Å². The van der Waals surface area contributed by atoms with Crippen LogP contribution in [0.3, 0.4) is 0 Å². The number of carbonyl (C=O) groups is 2. The predicted octanol–water partition coefficient (Wildman–Crippen LogP) is 1.63. The first kappa shape index (κ1) is 16.6. The van der Waals surface area contributed by atoms with Crippen molar-refractivity contribution >= 4 is 28.9 Å². The lowest BCUT2D eigenvalue weighted by Gasteiger charge is -2.06. The Kier molecular flexibility index (Phi) is 5.16. The van der Waals surface area contributed by atoms with Crippen LogP contribution in [-0.4, -0.2) is 11.8 Å². The predicted molar refractivity (Wildman–Crippen MR) is 91.5 cm³/mol. The first-order chi connectivity index (χ1) is 11.5. The number of carbonyl (C=O) groups excluding carboxylic acids is 2. The molecule has 0 saturated carbocycles. The third-order valence-electron chi connectivity index (χ3n) is 3.09. The summed E-state index contributed by atoms with van der Waals surface area (Å²) in [5.41, 5.74) is 12.6. The lowest BCUT2D eigenvalue weighted by atomic mass is 10.1. The minimum atomic E-state index is -0.649. The highest BCUT2D eigenvalue weighted by Gasteiger charge is 2.12. The zero-order valence-corrected chi connectivity index (χ0v) is 12.6. The quantitative estimate of drug-likeness (QED) is 0.386. The Morgan fingerprint density at radius 1 is 1.04 bits per heavy atom. The lowest BCUT2D eigenvalue weighted by molar-refractivity contribution is -0.112. The van der Waals surface area contributed by atoms with Crippen LogP contribution in [0.1, 0.15) is 10.4 Å². The molecule has 0 aliphatic carbocycles. The second kappa shape index (κ2) is 7.47. The smallest absolute Gasteiger partial charge is 0.267 e. The summed E-state index contributed by atoms with van der Waals surface area (Å²) in [5, 5.41) is 14.0. The van der Waals surface area contributed by atoms with E-state index < -0.39 is 11.8 Å². The van der Waals surface area contributed by atoms with Crippen LogP contribution >= 0.6 is 0 Å². The van der Waals surface area contributed by atoms with Gasteiger partial charge in [-0.2, -0.15) is 5.26 Å². The van der Waals surface area contributed by atoms with Gasteiger partial charge >= 0.3 is 0 Å². The third-order valence-corrected chi connectivity index (χ3v) is 3.09. The Hall–Kier alpha value is -3.79. The molecule has 24 heavy (non-hydrogen) atoms. The number of nitrogen functional groups attached to an aromatic ring is 2. The summed E-state index contributed by atoms with van der Waals surface area (Å²) in [6.07, 6.45) is 1.04. The normalized spacial score (nSPS) is 10.5. The number of nitrogens with two attached hydrogens (primary N) is 2. The van der Waals surface area contributed by atoms with Crippen molar-refractivity contribution < 1.29 is 9.59 Å². The van der Waals surface area contributed by atoms with Gasteiger partial charge in [-0.1, -0.05) is 12.1 Å². The van der Waals surface area contributed by atoms with Gasteiger partial charge in [0.2, 0.25) is 0 Å². The minimum absolute atomic E-state index is 0.255. The number of nitrogens with zero attached hydrogens (tertiary/aromatic N) is 1. The second-order valence-corrected chi connectivity index (χ2v) is 4.81. The van der Waals surface area contributed by atoms with Crippen LogP contribution in [-0.2, 0) is 4.79 Å². The molecule has 0 aliphatic heterocycles. The van der Waals surface area contributed by atoms with E-state index in [1.807, 2.05) is 0 Å². The molecule has 0 heterocycles. The van der Waals surface area contributed by atoms with Gasteiger partial charge in [0.15, 0.2) is 0 Å². The van der Waals surface area contributed by atoms with Crippen molar-refractivity contribution in [3.8, 4) is 6.07 Å². The Labute approximate surface area is 138 Å². The number of rotatable bonds is 4. The monoisotopic (exact) mass is 321 g/mol. The molecule has 2 aromatic rings. The van der Waals surface area contributed by atoms with E-state index in [4.69, 9.17) is 16.7 Å². The van der Waals surface area contributed by atoms with E-state index in [1.165, 1.54) is 0 Å². The standard InChI is InChI=1S/C17H15N5O2/c18-9-11(16(23)22-13-7-5-12(19)6-8-13)10-21-17(24)14-3-1-2-4-15(14)20/h1-8,10H,19-20H2,(H,21,24)(H,22,23)/b11-10-. The zero-order chi connectivity index (χ0) is 17.5. The maximum Gasteiger partial charge on any atom is 0.267 e. The molecular formula is C17H15N5O2. The molecule has 0 radical (unpaired) electrons. The molecular weight excluding hydrogens is 306 g/mol.